The average molecular weight is 344 g/mol. The molecule has 3 aromatic rings. The molecule has 0 amide bonds. The van der Waals surface area contributed by atoms with Crippen LogP contribution in [0.2, 0.25) is 0 Å². The van der Waals surface area contributed by atoms with Crippen molar-refractivity contribution in [1.29, 1.82) is 0 Å². The fourth-order valence-electron chi connectivity index (χ4n) is 3.21. The lowest BCUT2D eigenvalue weighted by atomic mass is 9.93. The van der Waals surface area contributed by atoms with Crippen molar-refractivity contribution >= 4 is 5.97 Å². The number of aryl methyl sites for hydroxylation is 1. The van der Waals surface area contributed by atoms with Crippen LogP contribution in [-0.2, 0) is 6.42 Å². The number of unbranched alkanes of at least 4 members (excludes halogenated alkanes) is 2. The second kappa shape index (κ2) is 8.48. The first-order valence-corrected chi connectivity index (χ1v) is 9.21. The Bertz CT molecular complexity index is 861. The van der Waals surface area contributed by atoms with Crippen LogP contribution >= 0.6 is 0 Å². The third kappa shape index (κ3) is 4.20. The minimum atomic E-state index is -0.900. The predicted octanol–water partition coefficient (Wildman–Crippen LogP) is 6.45. The number of hydrogen-bond donors (Lipinski definition) is 1. The Labute approximate surface area is 155 Å². The van der Waals surface area contributed by atoms with Gasteiger partial charge in [0.2, 0.25) is 0 Å². The molecule has 0 saturated carbocycles. The molecule has 0 aliphatic heterocycles. The van der Waals surface area contributed by atoms with Gasteiger partial charge in [0, 0.05) is 0 Å². The van der Waals surface area contributed by atoms with E-state index in [1.54, 1.807) is 12.1 Å². The molecule has 0 radical (unpaired) electrons. The minimum Gasteiger partial charge on any atom is -0.478 e. The van der Waals surface area contributed by atoms with E-state index in [1.165, 1.54) is 30.4 Å². The standard InChI is InChI=1S/C24H24O2/c1-2-3-4-7-18-10-12-19(13-11-18)22-8-5-6-9-23(22)20-14-16-21(17-15-20)24(25)26/h5-6,8-17H,2-4,7H2,1H3,(H,25,26). The minimum absolute atomic E-state index is 0.308. The summed E-state index contributed by atoms with van der Waals surface area (Å²) in [7, 11) is 0. The van der Waals surface area contributed by atoms with E-state index >= 15 is 0 Å². The SMILES string of the molecule is CCCCCc1ccc(-c2ccccc2-c2ccc(C(=O)O)cc2)cc1. The Hall–Kier alpha value is -2.87. The normalized spacial score (nSPS) is 10.7. The Kier molecular flexibility index (Phi) is 5.85. The summed E-state index contributed by atoms with van der Waals surface area (Å²) in [6, 6.07) is 24.1. The largest absolute Gasteiger partial charge is 0.478 e. The zero-order valence-electron chi connectivity index (χ0n) is 15.1. The molecule has 0 unspecified atom stereocenters. The fraction of sp³-hybridized carbons (Fsp3) is 0.208. The molecule has 0 aliphatic rings. The highest BCUT2D eigenvalue weighted by molar-refractivity contribution is 5.89. The second-order valence-electron chi connectivity index (χ2n) is 6.58. The van der Waals surface area contributed by atoms with Gasteiger partial charge >= 0.3 is 5.97 Å². The summed E-state index contributed by atoms with van der Waals surface area (Å²) >= 11 is 0. The molecule has 0 saturated heterocycles. The summed E-state index contributed by atoms with van der Waals surface area (Å²) in [5.41, 5.74) is 6.17. The maximum atomic E-state index is 11.1. The lowest BCUT2D eigenvalue weighted by Gasteiger charge is -2.11. The van der Waals surface area contributed by atoms with E-state index in [1.807, 2.05) is 24.3 Å². The van der Waals surface area contributed by atoms with E-state index in [9.17, 15) is 4.79 Å². The number of rotatable bonds is 7. The lowest BCUT2D eigenvalue weighted by molar-refractivity contribution is 0.0697. The van der Waals surface area contributed by atoms with Crippen molar-refractivity contribution in [3.8, 4) is 22.3 Å². The van der Waals surface area contributed by atoms with E-state index in [0.717, 1.165) is 23.1 Å². The number of aromatic carboxylic acids is 1. The van der Waals surface area contributed by atoms with Crippen LogP contribution in [-0.4, -0.2) is 11.1 Å². The molecule has 0 bridgehead atoms. The van der Waals surface area contributed by atoms with Gasteiger partial charge in [-0.25, -0.2) is 4.79 Å². The number of benzene rings is 3. The molecule has 0 spiro atoms. The van der Waals surface area contributed by atoms with Crippen molar-refractivity contribution in [3.63, 3.8) is 0 Å². The van der Waals surface area contributed by atoms with Crippen molar-refractivity contribution < 1.29 is 9.90 Å². The monoisotopic (exact) mass is 344 g/mol. The van der Waals surface area contributed by atoms with Gasteiger partial charge in [-0.05, 0) is 52.8 Å². The lowest BCUT2D eigenvalue weighted by Crippen LogP contribution is -1.95. The number of carboxylic acids is 1. The van der Waals surface area contributed by atoms with Gasteiger partial charge in [-0.15, -0.1) is 0 Å². The summed E-state index contributed by atoms with van der Waals surface area (Å²) in [4.78, 5) is 11.1. The molecule has 1 N–H and O–H groups in total. The van der Waals surface area contributed by atoms with Gasteiger partial charge in [-0.3, -0.25) is 0 Å². The fourth-order valence-corrected chi connectivity index (χ4v) is 3.21. The third-order valence-corrected chi connectivity index (χ3v) is 4.70. The van der Waals surface area contributed by atoms with Crippen molar-refractivity contribution in [3.05, 3.63) is 83.9 Å². The van der Waals surface area contributed by atoms with Crippen LogP contribution in [0.3, 0.4) is 0 Å². The zero-order valence-corrected chi connectivity index (χ0v) is 15.1. The smallest absolute Gasteiger partial charge is 0.335 e. The van der Waals surface area contributed by atoms with Crippen LogP contribution in [0.4, 0.5) is 0 Å². The van der Waals surface area contributed by atoms with E-state index in [4.69, 9.17) is 5.11 Å². The van der Waals surface area contributed by atoms with E-state index < -0.39 is 5.97 Å². The molecule has 0 atom stereocenters. The Morgan fingerprint density at radius 2 is 1.31 bits per heavy atom. The Morgan fingerprint density at radius 3 is 1.81 bits per heavy atom. The summed E-state index contributed by atoms with van der Waals surface area (Å²) in [5, 5.41) is 9.08. The van der Waals surface area contributed by atoms with Gasteiger partial charge in [0.15, 0.2) is 0 Å². The molecule has 132 valence electrons. The highest BCUT2D eigenvalue weighted by atomic mass is 16.4. The molecule has 0 heterocycles. The van der Waals surface area contributed by atoms with Gasteiger partial charge in [0.1, 0.15) is 0 Å². The van der Waals surface area contributed by atoms with Crippen LogP contribution in [0.25, 0.3) is 22.3 Å². The van der Waals surface area contributed by atoms with Crippen LogP contribution in [0.5, 0.6) is 0 Å². The average Bonchev–Trinajstić information content (AvgIpc) is 2.69. The van der Waals surface area contributed by atoms with Crippen molar-refractivity contribution in [1.82, 2.24) is 0 Å². The topological polar surface area (TPSA) is 37.3 Å². The number of hydrogen-bond acceptors (Lipinski definition) is 1. The first kappa shape index (κ1) is 17.9. The molecule has 3 aromatic carbocycles. The van der Waals surface area contributed by atoms with E-state index in [2.05, 4.69) is 43.3 Å². The first-order valence-electron chi connectivity index (χ1n) is 9.21. The summed E-state index contributed by atoms with van der Waals surface area (Å²) < 4.78 is 0. The molecule has 0 fully saturated rings. The molecule has 26 heavy (non-hydrogen) atoms. The van der Waals surface area contributed by atoms with E-state index in [-0.39, 0.29) is 0 Å². The van der Waals surface area contributed by atoms with Gasteiger partial charge in [0.05, 0.1) is 5.56 Å². The maximum Gasteiger partial charge on any atom is 0.335 e. The number of carboxylic acid groups (broad SMARTS) is 1. The van der Waals surface area contributed by atoms with Crippen LogP contribution in [0.15, 0.2) is 72.8 Å². The van der Waals surface area contributed by atoms with Crippen molar-refractivity contribution in [2.75, 3.05) is 0 Å². The molecule has 0 aliphatic carbocycles. The highest BCUT2D eigenvalue weighted by Gasteiger charge is 2.08. The van der Waals surface area contributed by atoms with Gasteiger partial charge in [0.25, 0.3) is 0 Å². The third-order valence-electron chi connectivity index (χ3n) is 4.70. The number of carbonyl (C=O) groups is 1. The van der Waals surface area contributed by atoms with Crippen LogP contribution in [0.1, 0.15) is 42.1 Å². The molecule has 2 heteroatoms. The predicted molar refractivity (Wildman–Crippen MR) is 108 cm³/mol. The quantitative estimate of drug-likeness (QED) is 0.500. The van der Waals surface area contributed by atoms with Gasteiger partial charge in [-0.2, -0.15) is 0 Å². The van der Waals surface area contributed by atoms with Crippen LogP contribution < -0.4 is 0 Å². The zero-order chi connectivity index (χ0) is 18.4. The van der Waals surface area contributed by atoms with Gasteiger partial charge < -0.3 is 5.11 Å². The highest BCUT2D eigenvalue weighted by Crippen LogP contribution is 2.32. The molecule has 3 rings (SSSR count). The molecule has 0 aromatic heterocycles. The summed E-state index contributed by atoms with van der Waals surface area (Å²) in [6.07, 6.45) is 4.89. The molecular weight excluding hydrogens is 320 g/mol. The maximum absolute atomic E-state index is 11.1. The van der Waals surface area contributed by atoms with Crippen LogP contribution in [0, 0.1) is 0 Å². The Balaban J connectivity index is 1.88. The molecule has 2 nitrogen and oxygen atoms in total. The Morgan fingerprint density at radius 1 is 0.769 bits per heavy atom. The van der Waals surface area contributed by atoms with E-state index in [0.29, 0.717) is 5.56 Å². The van der Waals surface area contributed by atoms with Crippen molar-refractivity contribution in [2.45, 2.75) is 32.6 Å². The second-order valence-corrected chi connectivity index (χ2v) is 6.58. The summed E-state index contributed by atoms with van der Waals surface area (Å²) in [5.74, 6) is -0.900. The van der Waals surface area contributed by atoms with Gasteiger partial charge in [-0.1, -0.05) is 80.4 Å². The summed E-state index contributed by atoms with van der Waals surface area (Å²) in [6.45, 7) is 2.23. The molecular formula is C24H24O2. The first-order chi connectivity index (χ1) is 12.7. The van der Waals surface area contributed by atoms with Crippen molar-refractivity contribution in [2.24, 2.45) is 0 Å².